The van der Waals surface area contributed by atoms with E-state index >= 15 is 0 Å². The van der Waals surface area contributed by atoms with E-state index in [0.717, 1.165) is 38.8 Å². The second-order valence-electron chi connectivity index (χ2n) is 9.58. The van der Waals surface area contributed by atoms with Crippen LogP contribution in [-0.2, 0) is 20.9 Å². The molecule has 1 aliphatic heterocycles. The number of allylic oxidation sites excluding steroid dienone is 1. The number of amides is 1. The number of rotatable bonds is 12. The molecule has 176 valence electrons. The maximum absolute atomic E-state index is 12.2. The number of morpholine rings is 1. The molecule has 0 aliphatic carbocycles. The molecule has 0 radical (unpaired) electrons. The Bertz CT molecular complexity index is 526. The number of hydrogen-bond acceptors (Lipinski definition) is 5. The predicted octanol–water partition coefficient (Wildman–Crippen LogP) is 3.75. The molecule has 1 amide bonds. The summed E-state index contributed by atoms with van der Waals surface area (Å²) in [6.07, 6.45) is 7.15. The van der Waals surface area contributed by atoms with Gasteiger partial charge >= 0.3 is 0 Å². The number of hydrogen-bond donors (Lipinski definition) is 2. The van der Waals surface area contributed by atoms with Gasteiger partial charge in [-0.1, -0.05) is 26.3 Å². The second-order valence-corrected chi connectivity index (χ2v) is 11.6. The molecule has 0 saturated carbocycles. The van der Waals surface area contributed by atoms with Crippen molar-refractivity contribution in [2.24, 2.45) is 5.92 Å². The van der Waals surface area contributed by atoms with Crippen molar-refractivity contribution in [1.29, 1.82) is 0 Å². The lowest BCUT2D eigenvalue weighted by Crippen LogP contribution is -2.45. The molecule has 7 heteroatoms. The van der Waals surface area contributed by atoms with Crippen LogP contribution in [0.5, 0.6) is 0 Å². The highest BCUT2D eigenvalue weighted by Crippen LogP contribution is 2.21. The van der Waals surface area contributed by atoms with Gasteiger partial charge in [0.25, 0.3) is 0 Å². The molecule has 1 saturated heterocycles. The molecule has 0 spiro atoms. The molecule has 6 nitrogen and oxygen atoms in total. The van der Waals surface area contributed by atoms with Gasteiger partial charge in [0, 0.05) is 49.7 Å². The third-order valence-corrected chi connectivity index (χ3v) is 6.63. The number of ether oxygens (including phenoxy) is 1. The maximum Gasteiger partial charge on any atom is 0.220 e. The van der Waals surface area contributed by atoms with Crippen LogP contribution in [0.1, 0.15) is 80.6 Å². The summed E-state index contributed by atoms with van der Waals surface area (Å²) in [5.41, 5.74) is 1.37. The Hall–Kier alpha value is -0.760. The van der Waals surface area contributed by atoms with Crippen molar-refractivity contribution >= 4 is 17.3 Å². The number of carbonyl (C=O) groups excluding carboxylic acids is 1. The van der Waals surface area contributed by atoms with Gasteiger partial charge in [-0.05, 0) is 59.8 Å². The number of unbranched alkanes of at least 4 members (excludes halogenated alkanes) is 1. The van der Waals surface area contributed by atoms with Crippen LogP contribution in [0.4, 0.5) is 0 Å². The third-order valence-electron chi connectivity index (χ3n) is 5.05. The molecule has 1 heterocycles. The summed E-state index contributed by atoms with van der Waals surface area (Å²) in [4.78, 5) is 14.6. The van der Waals surface area contributed by atoms with Crippen LogP contribution in [0.15, 0.2) is 11.8 Å². The zero-order valence-corrected chi connectivity index (χ0v) is 21.1. The van der Waals surface area contributed by atoms with Gasteiger partial charge in [-0.2, -0.15) is 0 Å². The highest BCUT2D eigenvalue weighted by molar-refractivity contribution is 7.90. The average Bonchev–Trinajstić information content (AvgIpc) is 2.64. The van der Waals surface area contributed by atoms with Gasteiger partial charge in [-0.15, -0.1) is 4.72 Å². The summed E-state index contributed by atoms with van der Waals surface area (Å²) in [6, 6.07) is 0. The predicted molar refractivity (Wildman–Crippen MR) is 126 cm³/mol. The van der Waals surface area contributed by atoms with Gasteiger partial charge in [0.2, 0.25) is 5.91 Å². The minimum absolute atomic E-state index is 0.0952. The molecule has 2 N–H and O–H groups in total. The third kappa shape index (κ3) is 11.0. The van der Waals surface area contributed by atoms with Crippen LogP contribution >= 0.6 is 0 Å². The van der Waals surface area contributed by atoms with Gasteiger partial charge in [-0.3, -0.25) is 4.79 Å². The topological polar surface area (TPSA) is 76.7 Å². The Morgan fingerprint density at radius 1 is 1.23 bits per heavy atom. The van der Waals surface area contributed by atoms with Crippen molar-refractivity contribution < 1.29 is 14.1 Å². The fraction of sp³-hybridized carbons (Fsp3) is 0.870. The van der Waals surface area contributed by atoms with Crippen molar-refractivity contribution in [1.82, 2.24) is 14.9 Å². The quantitative estimate of drug-likeness (QED) is 0.355. The van der Waals surface area contributed by atoms with Gasteiger partial charge in [0.15, 0.2) is 0 Å². The second kappa shape index (κ2) is 13.6. The first kappa shape index (κ1) is 27.3. The largest absolute Gasteiger partial charge is 0.598 e. The minimum atomic E-state index is -1.04. The van der Waals surface area contributed by atoms with Crippen LogP contribution in [0.3, 0.4) is 0 Å². The zero-order chi connectivity index (χ0) is 22.7. The zero-order valence-electron chi connectivity index (χ0n) is 20.3. The summed E-state index contributed by atoms with van der Waals surface area (Å²) in [7, 11) is 0. The molecule has 1 fully saturated rings. The van der Waals surface area contributed by atoms with Crippen LogP contribution in [0.2, 0.25) is 0 Å². The lowest BCUT2D eigenvalue weighted by Gasteiger charge is -2.38. The molecule has 1 aliphatic rings. The van der Waals surface area contributed by atoms with Gasteiger partial charge in [-0.25, -0.2) is 0 Å². The summed E-state index contributed by atoms with van der Waals surface area (Å²) in [6.45, 7) is 17.7. The standard InChI is InChI=1S/C23H45N3O3S/c1-8-11-21(26-16-19(3)29-20(4)17-26)14-18(2)15-24-22(27)12-9-10-13-25-30(28)23(5,6)7/h14,18-20,25H,8-13,15-17H2,1-7H3,(H,24,27)/b21-14+. The van der Waals surface area contributed by atoms with E-state index in [0.29, 0.717) is 25.4 Å². The van der Waals surface area contributed by atoms with E-state index in [1.165, 1.54) is 5.70 Å². The average molecular weight is 444 g/mol. The van der Waals surface area contributed by atoms with Crippen LogP contribution in [0, 0.1) is 5.92 Å². The molecule has 30 heavy (non-hydrogen) atoms. The van der Waals surface area contributed by atoms with E-state index in [2.05, 4.69) is 48.7 Å². The van der Waals surface area contributed by atoms with E-state index in [1.54, 1.807) is 0 Å². The van der Waals surface area contributed by atoms with Crippen molar-refractivity contribution in [2.45, 2.75) is 97.5 Å². The number of nitrogens with one attached hydrogen (secondary N) is 2. The summed E-state index contributed by atoms with van der Waals surface area (Å²) in [5.74, 6) is 0.387. The number of carbonyl (C=O) groups is 1. The molecule has 0 aromatic rings. The van der Waals surface area contributed by atoms with E-state index in [1.807, 2.05) is 20.8 Å². The molecular weight excluding hydrogens is 398 g/mol. The Morgan fingerprint density at radius 3 is 2.43 bits per heavy atom. The van der Waals surface area contributed by atoms with Crippen molar-refractivity contribution in [3.05, 3.63) is 11.8 Å². The summed E-state index contributed by atoms with van der Waals surface area (Å²) >= 11 is -1.04. The first-order valence-electron chi connectivity index (χ1n) is 11.6. The lowest BCUT2D eigenvalue weighted by molar-refractivity contribution is -0.121. The molecule has 0 aromatic carbocycles. The van der Waals surface area contributed by atoms with Gasteiger partial charge < -0.3 is 19.5 Å². The molecule has 0 aromatic heterocycles. The van der Waals surface area contributed by atoms with Crippen LogP contribution in [0.25, 0.3) is 0 Å². The van der Waals surface area contributed by atoms with Crippen LogP contribution in [-0.4, -0.2) is 58.5 Å². The summed E-state index contributed by atoms with van der Waals surface area (Å²) < 4.78 is 20.6. The van der Waals surface area contributed by atoms with E-state index in [-0.39, 0.29) is 22.9 Å². The van der Waals surface area contributed by atoms with E-state index in [4.69, 9.17) is 4.74 Å². The molecular formula is C23H45N3O3S. The number of nitrogens with zero attached hydrogens (tertiary/aromatic N) is 1. The van der Waals surface area contributed by atoms with E-state index < -0.39 is 11.4 Å². The first-order valence-corrected chi connectivity index (χ1v) is 12.7. The van der Waals surface area contributed by atoms with E-state index in [9.17, 15) is 9.35 Å². The van der Waals surface area contributed by atoms with Crippen molar-refractivity contribution in [3.8, 4) is 0 Å². The molecule has 4 atom stereocenters. The fourth-order valence-electron chi connectivity index (χ4n) is 3.56. The molecule has 4 unspecified atom stereocenters. The summed E-state index contributed by atoms with van der Waals surface area (Å²) in [5, 5.41) is 3.07. The lowest BCUT2D eigenvalue weighted by atomic mass is 10.1. The fourth-order valence-corrected chi connectivity index (χ4v) is 4.32. The normalized spacial score (nSPS) is 22.7. The smallest absolute Gasteiger partial charge is 0.220 e. The SMILES string of the molecule is CCC/C(=C\C(C)CNC(=O)CCCCN[S+]([O-])C(C)(C)C)N1CC(C)OC(C)C1. The monoisotopic (exact) mass is 443 g/mol. The molecule has 0 bridgehead atoms. The van der Waals surface area contributed by atoms with Crippen molar-refractivity contribution in [2.75, 3.05) is 26.2 Å². The highest BCUT2D eigenvalue weighted by atomic mass is 32.2. The Labute approximate surface area is 187 Å². The van der Waals surface area contributed by atoms with Crippen LogP contribution < -0.4 is 10.0 Å². The Kier molecular flexibility index (Phi) is 12.4. The Balaban J connectivity index is 2.35. The molecule has 1 rings (SSSR count). The maximum atomic E-state index is 12.2. The van der Waals surface area contributed by atoms with Crippen molar-refractivity contribution in [3.63, 3.8) is 0 Å². The van der Waals surface area contributed by atoms with Gasteiger partial charge in [0.05, 0.1) is 12.2 Å². The highest BCUT2D eigenvalue weighted by Gasteiger charge is 2.26. The first-order chi connectivity index (χ1) is 14.0. The van der Waals surface area contributed by atoms with Gasteiger partial charge in [0.1, 0.15) is 4.75 Å². The Morgan fingerprint density at radius 2 is 1.87 bits per heavy atom. The minimum Gasteiger partial charge on any atom is -0.598 e.